The lowest BCUT2D eigenvalue weighted by Gasteiger charge is -2.21. The Hall–Kier alpha value is -3.48. The molecule has 0 fully saturated rings. The molecule has 31 heavy (non-hydrogen) atoms. The van der Waals surface area contributed by atoms with Crippen molar-refractivity contribution in [1.29, 1.82) is 0 Å². The topological polar surface area (TPSA) is 82.1 Å². The number of Topliss-reactive ketones (excluding diaryl/α,β-unsaturated/α-hetero) is 1. The molecule has 2 aromatic carbocycles. The smallest absolute Gasteiger partial charge is 0.267 e. The van der Waals surface area contributed by atoms with Gasteiger partial charge in [-0.3, -0.25) is 19.4 Å². The van der Waals surface area contributed by atoms with E-state index < -0.39 is 6.04 Å². The molecule has 3 rings (SSSR count). The Kier molecular flexibility index (Phi) is 6.84. The average Bonchev–Trinajstić information content (AvgIpc) is 3.23. The van der Waals surface area contributed by atoms with Crippen LogP contribution in [0.2, 0.25) is 0 Å². The van der Waals surface area contributed by atoms with Gasteiger partial charge >= 0.3 is 0 Å². The summed E-state index contributed by atoms with van der Waals surface area (Å²) >= 11 is 0. The molecular weight excluding hydrogens is 392 g/mol. The Bertz CT molecular complexity index is 984. The second kappa shape index (κ2) is 9.55. The summed E-state index contributed by atoms with van der Waals surface area (Å²) in [6, 6.07) is 16.2. The largest absolute Gasteiger partial charge is 0.347 e. The number of benzene rings is 2. The first-order chi connectivity index (χ1) is 14.8. The number of rotatable bonds is 7. The molecule has 7 heteroatoms. The second-order valence-corrected chi connectivity index (χ2v) is 7.95. The van der Waals surface area contributed by atoms with Gasteiger partial charge < -0.3 is 10.2 Å². The van der Waals surface area contributed by atoms with Crippen LogP contribution >= 0.6 is 0 Å². The van der Waals surface area contributed by atoms with E-state index >= 15 is 0 Å². The first-order valence-electron chi connectivity index (χ1n) is 10.3. The summed E-state index contributed by atoms with van der Waals surface area (Å²) in [5.41, 5.74) is 2.58. The zero-order valence-corrected chi connectivity index (χ0v) is 18.3. The van der Waals surface area contributed by atoms with Crippen LogP contribution in [0.4, 0.5) is 5.69 Å². The minimum Gasteiger partial charge on any atom is -0.347 e. The summed E-state index contributed by atoms with van der Waals surface area (Å²) in [4.78, 5) is 38.8. The molecule has 0 aliphatic carbocycles. The van der Waals surface area contributed by atoms with Gasteiger partial charge in [0.05, 0.1) is 5.69 Å². The maximum Gasteiger partial charge on any atom is 0.267 e. The summed E-state index contributed by atoms with van der Waals surface area (Å²) in [5, 5.41) is 8.89. The number of hydrogen-bond donors (Lipinski definition) is 1. The number of anilines is 1. The molecule has 2 amide bonds. The van der Waals surface area contributed by atoms with Gasteiger partial charge in [-0.25, -0.2) is 0 Å². The van der Waals surface area contributed by atoms with E-state index in [-0.39, 0.29) is 30.1 Å². The number of carbonyl (C=O) groups is 3. The number of carbonyl (C=O) groups excluding carboxylic acids is 3. The van der Waals surface area contributed by atoms with Crippen molar-refractivity contribution in [3.63, 3.8) is 0 Å². The Morgan fingerprint density at radius 1 is 1.10 bits per heavy atom. The SMILES string of the molecule is CC(=O)C1CC(C(=O)NCc2ccc(C(=O)N(C)C(C)C)cc2)=NN1c1ccccc1. The Balaban J connectivity index is 1.64. The number of nitrogens with zero attached hydrogens (tertiary/aromatic N) is 3. The molecule has 162 valence electrons. The predicted molar refractivity (Wildman–Crippen MR) is 121 cm³/mol. The van der Waals surface area contributed by atoms with Crippen LogP contribution in [-0.4, -0.2) is 47.3 Å². The lowest BCUT2D eigenvalue weighted by molar-refractivity contribution is -0.118. The van der Waals surface area contributed by atoms with Gasteiger partial charge in [-0.2, -0.15) is 5.10 Å². The van der Waals surface area contributed by atoms with Crippen molar-refractivity contribution in [3.8, 4) is 0 Å². The quantitative estimate of drug-likeness (QED) is 0.747. The van der Waals surface area contributed by atoms with E-state index in [4.69, 9.17) is 0 Å². The maximum atomic E-state index is 12.7. The van der Waals surface area contributed by atoms with Crippen molar-refractivity contribution in [3.05, 3.63) is 65.7 Å². The molecule has 1 N–H and O–H groups in total. The molecule has 1 aliphatic heterocycles. The monoisotopic (exact) mass is 420 g/mol. The van der Waals surface area contributed by atoms with Crippen molar-refractivity contribution in [1.82, 2.24) is 10.2 Å². The zero-order chi connectivity index (χ0) is 22.5. The minimum atomic E-state index is -0.480. The maximum absolute atomic E-state index is 12.7. The van der Waals surface area contributed by atoms with E-state index in [9.17, 15) is 14.4 Å². The van der Waals surface area contributed by atoms with Crippen molar-refractivity contribution in [2.75, 3.05) is 12.1 Å². The molecule has 7 nitrogen and oxygen atoms in total. The van der Waals surface area contributed by atoms with Gasteiger partial charge in [0.2, 0.25) is 0 Å². The first-order valence-corrected chi connectivity index (χ1v) is 10.3. The van der Waals surface area contributed by atoms with E-state index in [0.717, 1.165) is 11.3 Å². The predicted octanol–water partition coefficient (Wildman–Crippen LogP) is 3.01. The van der Waals surface area contributed by atoms with Gasteiger partial charge in [-0.05, 0) is 50.6 Å². The molecule has 0 aromatic heterocycles. The minimum absolute atomic E-state index is 0.0397. The molecule has 0 saturated heterocycles. The third-order valence-electron chi connectivity index (χ3n) is 5.41. The van der Waals surface area contributed by atoms with Gasteiger partial charge in [0.15, 0.2) is 5.78 Å². The summed E-state index contributed by atoms with van der Waals surface area (Å²) in [6.45, 7) is 5.74. The summed E-state index contributed by atoms with van der Waals surface area (Å²) in [5.74, 6) is -0.381. The van der Waals surface area contributed by atoms with E-state index in [1.807, 2.05) is 56.3 Å². The third kappa shape index (κ3) is 5.17. The van der Waals surface area contributed by atoms with Crippen LogP contribution in [-0.2, 0) is 16.1 Å². The fraction of sp³-hybridized carbons (Fsp3) is 0.333. The molecule has 0 radical (unpaired) electrons. The van der Waals surface area contributed by atoms with Crippen molar-refractivity contribution >= 4 is 29.0 Å². The molecule has 1 heterocycles. The standard InChI is InChI=1S/C24H28N4O3/c1-16(2)27(4)24(31)19-12-10-18(11-13-19)15-25-23(30)21-14-22(17(3)29)28(26-21)20-8-6-5-7-9-20/h5-13,16,22H,14-15H2,1-4H3,(H,25,30). The lowest BCUT2D eigenvalue weighted by Crippen LogP contribution is -2.34. The molecule has 1 aliphatic rings. The summed E-state index contributed by atoms with van der Waals surface area (Å²) < 4.78 is 0. The van der Waals surface area contributed by atoms with Gasteiger partial charge in [-0.1, -0.05) is 30.3 Å². The zero-order valence-electron chi connectivity index (χ0n) is 18.3. The highest BCUT2D eigenvalue weighted by molar-refractivity contribution is 6.40. The van der Waals surface area contributed by atoms with E-state index in [0.29, 0.717) is 17.8 Å². The van der Waals surface area contributed by atoms with Crippen LogP contribution in [0.1, 0.15) is 43.1 Å². The third-order valence-corrected chi connectivity index (χ3v) is 5.41. The van der Waals surface area contributed by atoms with Crippen molar-refractivity contribution in [2.45, 2.75) is 45.8 Å². The van der Waals surface area contributed by atoms with Crippen LogP contribution < -0.4 is 10.3 Å². The number of ketones is 1. The fourth-order valence-corrected chi connectivity index (χ4v) is 3.27. The van der Waals surface area contributed by atoms with Crippen LogP contribution in [0.3, 0.4) is 0 Å². The number of hydrogen-bond acceptors (Lipinski definition) is 5. The molecular formula is C24H28N4O3. The molecule has 0 spiro atoms. The lowest BCUT2D eigenvalue weighted by atomic mass is 10.1. The second-order valence-electron chi connectivity index (χ2n) is 7.95. The number of hydrazone groups is 1. The highest BCUT2D eigenvalue weighted by Crippen LogP contribution is 2.25. The first kappa shape index (κ1) is 22.2. The molecule has 2 aromatic rings. The summed E-state index contributed by atoms with van der Waals surface area (Å²) in [7, 11) is 1.77. The highest BCUT2D eigenvalue weighted by atomic mass is 16.2. The Morgan fingerprint density at radius 3 is 2.32 bits per heavy atom. The van der Waals surface area contributed by atoms with Gasteiger partial charge in [-0.15, -0.1) is 0 Å². The summed E-state index contributed by atoms with van der Waals surface area (Å²) in [6.07, 6.45) is 0.269. The highest BCUT2D eigenvalue weighted by Gasteiger charge is 2.34. The van der Waals surface area contributed by atoms with Gasteiger partial charge in [0.1, 0.15) is 11.8 Å². The Labute approximate surface area is 182 Å². The van der Waals surface area contributed by atoms with Crippen LogP contribution in [0.5, 0.6) is 0 Å². The van der Waals surface area contributed by atoms with Crippen LogP contribution in [0.15, 0.2) is 59.7 Å². The van der Waals surface area contributed by atoms with Gasteiger partial charge in [0, 0.05) is 31.6 Å². The van der Waals surface area contributed by atoms with E-state index in [2.05, 4.69) is 10.4 Å². The van der Waals surface area contributed by atoms with E-state index in [1.54, 1.807) is 29.1 Å². The number of amides is 2. The van der Waals surface area contributed by atoms with Crippen molar-refractivity contribution in [2.24, 2.45) is 5.10 Å². The molecule has 0 bridgehead atoms. The van der Waals surface area contributed by atoms with Crippen LogP contribution in [0, 0.1) is 0 Å². The van der Waals surface area contributed by atoms with Gasteiger partial charge in [0.25, 0.3) is 11.8 Å². The average molecular weight is 421 g/mol. The fourth-order valence-electron chi connectivity index (χ4n) is 3.27. The molecule has 0 saturated carbocycles. The van der Waals surface area contributed by atoms with Crippen molar-refractivity contribution < 1.29 is 14.4 Å². The number of nitrogens with one attached hydrogen (secondary N) is 1. The number of para-hydroxylation sites is 1. The normalized spacial score (nSPS) is 15.6. The van der Waals surface area contributed by atoms with E-state index in [1.165, 1.54) is 6.92 Å². The molecule has 1 atom stereocenters. The Morgan fingerprint density at radius 2 is 1.74 bits per heavy atom. The molecule has 1 unspecified atom stereocenters. The van der Waals surface area contributed by atoms with Crippen LogP contribution in [0.25, 0.3) is 0 Å².